The van der Waals surface area contributed by atoms with Crippen molar-refractivity contribution < 1.29 is 14.3 Å². The van der Waals surface area contributed by atoms with Crippen molar-refractivity contribution in [3.8, 4) is 11.1 Å². The topological polar surface area (TPSA) is 83.0 Å². The summed E-state index contributed by atoms with van der Waals surface area (Å²) in [5.41, 5.74) is -0.659. The van der Waals surface area contributed by atoms with Crippen LogP contribution in [0.25, 0.3) is 11.1 Å². The molecule has 7 heteroatoms. The minimum absolute atomic E-state index is 0.0192. The Kier molecular flexibility index (Phi) is 3.12. The molecule has 18 heavy (non-hydrogen) atoms. The third-order valence-corrected chi connectivity index (χ3v) is 2.42. The summed E-state index contributed by atoms with van der Waals surface area (Å²) in [6.45, 7) is 0. The molecule has 1 aromatic heterocycles. The molecule has 0 aliphatic rings. The molecular weight excluding hydrogens is 263 g/mol. The third kappa shape index (κ3) is 2.38. The maximum Gasteiger partial charge on any atom is 0.335 e. The lowest BCUT2D eigenvalue weighted by Gasteiger charge is -2.03. The minimum Gasteiger partial charge on any atom is -0.478 e. The molecule has 0 aliphatic heterocycles. The highest BCUT2D eigenvalue weighted by molar-refractivity contribution is 6.29. The first-order chi connectivity index (χ1) is 8.47. The van der Waals surface area contributed by atoms with Crippen LogP contribution in [-0.2, 0) is 0 Å². The Morgan fingerprint density at radius 2 is 2.06 bits per heavy atom. The molecular formula is C11H6ClFN2O3. The number of aromatic carboxylic acids is 1. The molecule has 0 spiro atoms. The first-order valence-electron chi connectivity index (χ1n) is 4.77. The number of carboxylic acids is 1. The van der Waals surface area contributed by atoms with Crippen LogP contribution in [0, 0.1) is 5.82 Å². The average Bonchev–Trinajstić information content (AvgIpc) is 2.31. The molecule has 2 aromatic rings. The normalized spacial score (nSPS) is 10.3. The van der Waals surface area contributed by atoms with Crippen LogP contribution in [0.15, 0.2) is 29.1 Å². The Labute approximate surface area is 105 Å². The van der Waals surface area contributed by atoms with Gasteiger partial charge in [-0.25, -0.2) is 14.3 Å². The van der Waals surface area contributed by atoms with Gasteiger partial charge in [0.15, 0.2) is 0 Å². The predicted octanol–water partition coefficient (Wildman–Crippen LogP) is 1.93. The number of nitrogens with zero attached hydrogens (tertiary/aromatic N) is 1. The lowest BCUT2D eigenvalue weighted by molar-refractivity contribution is 0.0696. The summed E-state index contributed by atoms with van der Waals surface area (Å²) in [7, 11) is 0. The van der Waals surface area contributed by atoms with Gasteiger partial charge in [0.1, 0.15) is 11.0 Å². The Bertz CT molecular complexity index is 684. The quantitative estimate of drug-likeness (QED) is 0.872. The van der Waals surface area contributed by atoms with Crippen LogP contribution in [0.1, 0.15) is 10.4 Å². The zero-order chi connectivity index (χ0) is 13.3. The number of hydrogen-bond donors (Lipinski definition) is 2. The van der Waals surface area contributed by atoms with Crippen LogP contribution in [0.5, 0.6) is 0 Å². The second-order valence-corrected chi connectivity index (χ2v) is 3.85. The van der Waals surface area contributed by atoms with E-state index >= 15 is 0 Å². The Balaban J connectivity index is 2.67. The molecule has 0 radical (unpaired) electrons. The van der Waals surface area contributed by atoms with Crippen LogP contribution in [0.2, 0.25) is 5.15 Å². The maximum atomic E-state index is 13.3. The first kappa shape index (κ1) is 12.3. The third-order valence-electron chi connectivity index (χ3n) is 2.23. The summed E-state index contributed by atoms with van der Waals surface area (Å²) in [5.74, 6) is -2.04. The maximum absolute atomic E-state index is 13.3. The second-order valence-electron chi connectivity index (χ2n) is 3.47. The standard InChI is InChI=1S/C11H6ClFN2O3/c12-9-4-8(10(16)15-14-9)5-1-6(11(17)18)3-7(13)2-5/h1-4H,(H,15,16)(H,17,18). The molecule has 5 nitrogen and oxygen atoms in total. The summed E-state index contributed by atoms with van der Waals surface area (Å²) < 4.78 is 13.3. The molecule has 2 N–H and O–H groups in total. The SMILES string of the molecule is O=C(O)c1cc(F)cc(-c2cc(Cl)n[nH]c2=O)c1. The summed E-state index contributed by atoms with van der Waals surface area (Å²) >= 11 is 5.62. The van der Waals surface area contributed by atoms with Gasteiger partial charge in [0, 0.05) is 0 Å². The van der Waals surface area contributed by atoms with Crippen LogP contribution in [-0.4, -0.2) is 21.3 Å². The van der Waals surface area contributed by atoms with Gasteiger partial charge in [0.05, 0.1) is 11.1 Å². The van der Waals surface area contributed by atoms with E-state index in [0.29, 0.717) is 0 Å². The molecule has 0 amide bonds. The molecule has 0 atom stereocenters. The van der Waals surface area contributed by atoms with Gasteiger partial charge >= 0.3 is 5.97 Å². The van der Waals surface area contributed by atoms with Crippen LogP contribution in [0.3, 0.4) is 0 Å². The van der Waals surface area contributed by atoms with Gasteiger partial charge in [-0.15, -0.1) is 0 Å². The predicted molar refractivity (Wildman–Crippen MR) is 62.2 cm³/mol. The number of aromatic amines is 1. The first-order valence-corrected chi connectivity index (χ1v) is 5.14. The fourth-order valence-electron chi connectivity index (χ4n) is 1.46. The van der Waals surface area contributed by atoms with E-state index in [4.69, 9.17) is 16.7 Å². The van der Waals surface area contributed by atoms with Crippen molar-refractivity contribution in [3.63, 3.8) is 0 Å². The molecule has 0 bridgehead atoms. The molecule has 1 aromatic carbocycles. The minimum atomic E-state index is -1.28. The number of benzene rings is 1. The van der Waals surface area contributed by atoms with Crippen molar-refractivity contribution in [2.45, 2.75) is 0 Å². The number of rotatable bonds is 2. The van der Waals surface area contributed by atoms with E-state index in [9.17, 15) is 14.0 Å². The number of H-pyrrole nitrogens is 1. The molecule has 0 aliphatic carbocycles. The number of carbonyl (C=O) groups is 1. The number of aromatic nitrogens is 2. The lowest BCUT2D eigenvalue weighted by Crippen LogP contribution is -2.11. The summed E-state index contributed by atoms with van der Waals surface area (Å²) in [6.07, 6.45) is 0. The van der Waals surface area contributed by atoms with Crippen LogP contribution >= 0.6 is 11.6 Å². The Morgan fingerprint density at radius 3 is 2.72 bits per heavy atom. The fraction of sp³-hybridized carbons (Fsp3) is 0. The summed E-state index contributed by atoms with van der Waals surface area (Å²) in [6, 6.07) is 4.34. The van der Waals surface area contributed by atoms with Gasteiger partial charge in [-0.2, -0.15) is 5.10 Å². The highest BCUT2D eigenvalue weighted by Crippen LogP contribution is 2.20. The van der Waals surface area contributed by atoms with Gasteiger partial charge in [-0.1, -0.05) is 11.6 Å². The van der Waals surface area contributed by atoms with Crippen molar-refractivity contribution in [2.75, 3.05) is 0 Å². The number of carboxylic acid groups (broad SMARTS) is 1. The molecule has 0 saturated heterocycles. The number of halogens is 2. The number of nitrogens with one attached hydrogen (secondary N) is 1. The Morgan fingerprint density at radius 1 is 1.33 bits per heavy atom. The summed E-state index contributed by atoms with van der Waals surface area (Å²) in [5, 5.41) is 14.4. The summed E-state index contributed by atoms with van der Waals surface area (Å²) in [4.78, 5) is 22.3. The van der Waals surface area contributed by atoms with E-state index < -0.39 is 17.3 Å². The molecule has 2 rings (SSSR count). The number of hydrogen-bond acceptors (Lipinski definition) is 3. The molecule has 0 fully saturated rings. The van der Waals surface area contributed by atoms with Gasteiger partial charge in [-0.3, -0.25) is 4.79 Å². The molecule has 0 saturated carbocycles. The molecule has 0 unspecified atom stereocenters. The second kappa shape index (κ2) is 4.58. The van der Waals surface area contributed by atoms with Crippen LogP contribution in [0.4, 0.5) is 4.39 Å². The highest BCUT2D eigenvalue weighted by Gasteiger charge is 2.11. The van der Waals surface area contributed by atoms with Gasteiger partial charge in [-0.05, 0) is 29.8 Å². The van der Waals surface area contributed by atoms with Gasteiger partial charge in [0.25, 0.3) is 5.56 Å². The van der Waals surface area contributed by atoms with Crippen molar-refractivity contribution in [3.05, 3.63) is 51.2 Å². The Hall–Kier alpha value is -2.21. The van der Waals surface area contributed by atoms with Gasteiger partial charge < -0.3 is 5.11 Å². The largest absolute Gasteiger partial charge is 0.478 e. The van der Waals surface area contributed by atoms with E-state index in [1.807, 2.05) is 0 Å². The monoisotopic (exact) mass is 268 g/mol. The lowest BCUT2D eigenvalue weighted by atomic mass is 10.0. The van der Waals surface area contributed by atoms with E-state index in [0.717, 1.165) is 12.1 Å². The van der Waals surface area contributed by atoms with E-state index in [1.54, 1.807) is 0 Å². The van der Waals surface area contributed by atoms with E-state index in [1.165, 1.54) is 12.1 Å². The van der Waals surface area contributed by atoms with E-state index in [2.05, 4.69) is 10.2 Å². The molecule has 92 valence electrons. The zero-order valence-electron chi connectivity index (χ0n) is 8.78. The molecule has 1 heterocycles. The van der Waals surface area contributed by atoms with Crippen molar-refractivity contribution in [1.82, 2.24) is 10.2 Å². The van der Waals surface area contributed by atoms with Crippen molar-refractivity contribution in [1.29, 1.82) is 0 Å². The fourth-order valence-corrected chi connectivity index (χ4v) is 1.62. The highest BCUT2D eigenvalue weighted by atomic mass is 35.5. The van der Waals surface area contributed by atoms with Gasteiger partial charge in [0.2, 0.25) is 0 Å². The van der Waals surface area contributed by atoms with Crippen molar-refractivity contribution >= 4 is 17.6 Å². The van der Waals surface area contributed by atoms with E-state index in [-0.39, 0.29) is 21.8 Å². The zero-order valence-corrected chi connectivity index (χ0v) is 9.53. The smallest absolute Gasteiger partial charge is 0.335 e. The average molecular weight is 269 g/mol. The van der Waals surface area contributed by atoms with Crippen molar-refractivity contribution in [2.24, 2.45) is 0 Å². The van der Waals surface area contributed by atoms with Crippen LogP contribution < -0.4 is 5.56 Å².